The zero-order valence-corrected chi connectivity index (χ0v) is 18.6. The van der Waals surface area contributed by atoms with Crippen LogP contribution in [0, 0.1) is 19.8 Å². The largest absolute Gasteiger partial charge is 0.346 e. The molecular formula is C22H28N6OS. The van der Waals surface area contributed by atoms with Gasteiger partial charge in [0.1, 0.15) is 15.8 Å². The van der Waals surface area contributed by atoms with Crippen LogP contribution in [0.25, 0.3) is 10.6 Å². The number of rotatable bonds is 6. The lowest BCUT2D eigenvalue weighted by Crippen LogP contribution is -2.38. The molecule has 2 aromatic heterocycles. The summed E-state index contributed by atoms with van der Waals surface area (Å²) >= 11 is 1.55. The van der Waals surface area contributed by atoms with E-state index in [0.29, 0.717) is 0 Å². The number of H-pyrrole nitrogens is 1. The van der Waals surface area contributed by atoms with Gasteiger partial charge in [-0.05, 0) is 51.9 Å². The topological polar surface area (TPSA) is 86.8 Å². The van der Waals surface area contributed by atoms with E-state index in [9.17, 15) is 4.79 Å². The van der Waals surface area contributed by atoms with E-state index in [0.717, 1.165) is 77.4 Å². The van der Waals surface area contributed by atoms with E-state index < -0.39 is 0 Å². The van der Waals surface area contributed by atoms with Gasteiger partial charge in [-0.2, -0.15) is 0 Å². The Balaban J connectivity index is 1.32. The Hall–Kier alpha value is -2.58. The van der Waals surface area contributed by atoms with Crippen molar-refractivity contribution in [3.8, 4) is 10.6 Å². The molecule has 1 saturated heterocycles. The monoisotopic (exact) mass is 424 g/mol. The number of piperidine rings is 1. The van der Waals surface area contributed by atoms with Gasteiger partial charge in [-0.15, -0.1) is 10.2 Å². The third kappa shape index (κ3) is 4.76. The van der Waals surface area contributed by atoms with Crippen LogP contribution >= 0.6 is 11.3 Å². The number of hydrogen-bond acceptors (Lipinski definition) is 6. The van der Waals surface area contributed by atoms with Gasteiger partial charge in [0.05, 0.1) is 5.69 Å². The predicted octanol–water partition coefficient (Wildman–Crippen LogP) is 3.96. The molecule has 4 rings (SSSR count). The number of hydrogen-bond donors (Lipinski definition) is 2. The molecule has 0 radical (unpaired) electrons. The quantitative estimate of drug-likeness (QED) is 0.625. The van der Waals surface area contributed by atoms with Crippen molar-refractivity contribution in [2.75, 3.05) is 18.4 Å². The first kappa shape index (κ1) is 20.7. The fourth-order valence-corrected chi connectivity index (χ4v) is 4.53. The summed E-state index contributed by atoms with van der Waals surface area (Å²) in [6.45, 7) is 8.80. The number of carbonyl (C=O) groups excluding carboxylic acids is 1. The zero-order valence-electron chi connectivity index (χ0n) is 17.7. The molecule has 3 heterocycles. The number of nitrogens with zero attached hydrogens (tertiary/aromatic N) is 4. The molecule has 1 fully saturated rings. The number of amides is 1. The molecule has 158 valence electrons. The first-order valence-corrected chi connectivity index (χ1v) is 11.3. The van der Waals surface area contributed by atoms with Gasteiger partial charge in [0.25, 0.3) is 0 Å². The number of aromatic nitrogens is 4. The van der Waals surface area contributed by atoms with Gasteiger partial charge in [-0.1, -0.05) is 30.4 Å². The highest BCUT2D eigenvalue weighted by molar-refractivity contribution is 7.14. The van der Waals surface area contributed by atoms with E-state index in [4.69, 9.17) is 0 Å². The van der Waals surface area contributed by atoms with Crippen LogP contribution in [-0.2, 0) is 17.8 Å². The van der Waals surface area contributed by atoms with Crippen molar-refractivity contribution in [3.05, 3.63) is 46.5 Å². The van der Waals surface area contributed by atoms with Crippen molar-refractivity contribution in [1.29, 1.82) is 0 Å². The lowest BCUT2D eigenvalue weighted by Gasteiger charge is -2.30. The van der Waals surface area contributed by atoms with Gasteiger partial charge < -0.3 is 10.3 Å². The number of nitrogens with one attached hydrogen (secondary N) is 2. The van der Waals surface area contributed by atoms with E-state index >= 15 is 0 Å². The second kappa shape index (κ2) is 9.06. The molecule has 1 aromatic carbocycles. The first-order chi connectivity index (χ1) is 14.5. The lowest BCUT2D eigenvalue weighted by molar-refractivity contribution is -0.121. The summed E-state index contributed by atoms with van der Waals surface area (Å²) in [6, 6.07) is 7.84. The molecule has 0 spiro atoms. The van der Waals surface area contributed by atoms with Crippen LogP contribution in [-0.4, -0.2) is 44.1 Å². The number of benzene rings is 1. The molecule has 1 aliphatic rings. The number of anilines is 1. The highest BCUT2D eigenvalue weighted by atomic mass is 32.1. The number of likely N-dealkylation sites (tertiary alicyclic amines) is 1. The zero-order chi connectivity index (χ0) is 21.1. The van der Waals surface area contributed by atoms with E-state index in [-0.39, 0.29) is 11.8 Å². The van der Waals surface area contributed by atoms with Crippen molar-refractivity contribution in [2.45, 2.75) is 46.6 Å². The Kier molecular flexibility index (Phi) is 6.24. The molecule has 8 heteroatoms. The van der Waals surface area contributed by atoms with Gasteiger partial charge in [-0.3, -0.25) is 9.69 Å². The Morgan fingerprint density at radius 3 is 2.73 bits per heavy atom. The predicted molar refractivity (Wildman–Crippen MR) is 119 cm³/mol. The van der Waals surface area contributed by atoms with Gasteiger partial charge in [0.2, 0.25) is 5.91 Å². The summed E-state index contributed by atoms with van der Waals surface area (Å²) in [6.07, 6.45) is 2.65. The molecule has 0 aliphatic carbocycles. The van der Waals surface area contributed by atoms with Crippen molar-refractivity contribution >= 4 is 22.9 Å². The van der Waals surface area contributed by atoms with Gasteiger partial charge >= 0.3 is 0 Å². The van der Waals surface area contributed by atoms with Gasteiger partial charge in [0.15, 0.2) is 0 Å². The Morgan fingerprint density at radius 1 is 1.27 bits per heavy atom. The van der Waals surface area contributed by atoms with Crippen LogP contribution in [0.3, 0.4) is 0 Å². The number of aromatic amines is 1. The minimum Gasteiger partial charge on any atom is -0.346 e. The minimum absolute atomic E-state index is 0.0418. The Labute approximate surface area is 181 Å². The molecule has 0 bridgehead atoms. The maximum absolute atomic E-state index is 12.8. The molecule has 0 atom stereocenters. The molecule has 30 heavy (non-hydrogen) atoms. The molecular weight excluding hydrogens is 396 g/mol. The summed E-state index contributed by atoms with van der Waals surface area (Å²) in [7, 11) is 0. The third-order valence-electron chi connectivity index (χ3n) is 5.60. The first-order valence-electron chi connectivity index (χ1n) is 10.5. The fourth-order valence-electron chi connectivity index (χ4n) is 3.84. The maximum atomic E-state index is 12.8. The molecule has 0 saturated carbocycles. The molecule has 3 aromatic rings. The summed E-state index contributed by atoms with van der Waals surface area (Å²) in [5.74, 6) is 1.19. The van der Waals surface area contributed by atoms with Gasteiger partial charge in [-0.25, -0.2) is 4.98 Å². The van der Waals surface area contributed by atoms with Crippen molar-refractivity contribution in [3.63, 3.8) is 0 Å². The average molecular weight is 425 g/mol. The molecule has 1 aliphatic heterocycles. The normalized spacial score (nSPS) is 15.4. The second-order valence-electron chi connectivity index (χ2n) is 7.86. The van der Waals surface area contributed by atoms with Crippen LogP contribution in [0.15, 0.2) is 24.3 Å². The average Bonchev–Trinajstić information content (AvgIpc) is 3.34. The second-order valence-corrected chi connectivity index (χ2v) is 9.04. The molecule has 1 amide bonds. The fraction of sp³-hybridized carbons (Fsp3) is 0.455. The van der Waals surface area contributed by atoms with Crippen molar-refractivity contribution in [2.24, 2.45) is 5.92 Å². The minimum atomic E-state index is 0.0418. The smallest absolute Gasteiger partial charge is 0.227 e. The highest BCUT2D eigenvalue weighted by Crippen LogP contribution is 2.27. The Morgan fingerprint density at radius 2 is 2.07 bits per heavy atom. The number of imidazole rings is 1. The van der Waals surface area contributed by atoms with Crippen LogP contribution < -0.4 is 5.32 Å². The van der Waals surface area contributed by atoms with Crippen LogP contribution in [0.2, 0.25) is 0 Å². The van der Waals surface area contributed by atoms with Crippen LogP contribution in [0.1, 0.15) is 42.0 Å². The summed E-state index contributed by atoms with van der Waals surface area (Å²) in [4.78, 5) is 23.2. The number of carbonyl (C=O) groups is 1. The van der Waals surface area contributed by atoms with Gasteiger partial charge in [0, 0.05) is 35.8 Å². The molecule has 2 N–H and O–H groups in total. The van der Waals surface area contributed by atoms with Crippen molar-refractivity contribution in [1.82, 2.24) is 25.1 Å². The van der Waals surface area contributed by atoms with E-state index in [1.165, 1.54) is 0 Å². The third-order valence-corrected chi connectivity index (χ3v) is 6.49. The van der Waals surface area contributed by atoms with E-state index in [2.05, 4.69) is 44.2 Å². The SMILES string of the molecule is CCc1nc(CN2CCC(C(=O)Nc3cccc(-c4nnc(C)s4)c3)CC2)c(C)[nH]1. The standard InChI is InChI=1S/C22H28N6OS/c1-4-20-23-14(2)19(25-20)13-28-10-8-16(9-11-28)21(29)24-18-7-5-6-17(12-18)22-27-26-15(3)30-22/h5-7,12,16H,4,8-11,13H2,1-3H3,(H,23,25)(H,24,29). The molecule has 7 nitrogen and oxygen atoms in total. The maximum Gasteiger partial charge on any atom is 0.227 e. The summed E-state index contributed by atoms with van der Waals surface area (Å²) in [5.41, 5.74) is 4.07. The van der Waals surface area contributed by atoms with Crippen LogP contribution in [0.4, 0.5) is 5.69 Å². The van der Waals surface area contributed by atoms with Crippen molar-refractivity contribution < 1.29 is 4.79 Å². The van der Waals surface area contributed by atoms with Crippen LogP contribution in [0.5, 0.6) is 0 Å². The van der Waals surface area contributed by atoms with E-state index in [1.807, 2.05) is 31.2 Å². The lowest BCUT2D eigenvalue weighted by atomic mass is 9.95. The Bertz CT molecular complexity index is 1020. The summed E-state index contributed by atoms with van der Waals surface area (Å²) in [5, 5.41) is 13.2. The van der Waals surface area contributed by atoms with E-state index in [1.54, 1.807) is 11.3 Å². The molecule has 0 unspecified atom stereocenters. The highest BCUT2D eigenvalue weighted by Gasteiger charge is 2.26. The number of aryl methyl sites for hydroxylation is 3. The summed E-state index contributed by atoms with van der Waals surface area (Å²) < 4.78 is 0.